The van der Waals surface area contributed by atoms with Crippen LogP contribution in [0.3, 0.4) is 0 Å². The third kappa shape index (κ3) is 3.65. The smallest absolute Gasteiger partial charge is 0.317 e. The van der Waals surface area contributed by atoms with Crippen molar-refractivity contribution in [1.29, 1.82) is 0 Å². The van der Waals surface area contributed by atoms with E-state index in [2.05, 4.69) is 5.32 Å². The molecule has 2 aliphatic heterocycles. The van der Waals surface area contributed by atoms with Crippen LogP contribution in [0.1, 0.15) is 32.6 Å². The molecule has 2 saturated heterocycles. The first-order valence-corrected chi connectivity index (χ1v) is 7.42. The van der Waals surface area contributed by atoms with Crippen molar-refractivity contribution in [1.82, 2.24) is 15.1 Å². The van der Waals surface area contributed by atoms with Gasteiger partial charge in [-0.25, -0.2) is 4.79 Å². The van der Waals surface area contributed by atoms with E-state index in [1.54, 1.807) is 16.8 Å². The van der Waals surface area contributed by atoms with Gasteiger partial charge in [-0.1, -0.05) is 0 Å². The molecule has 0 saturated carbocycles. The molecule has 0 aromatic heterocycles. The Morgan fingerprint density at radius 2 is 2.05 bits per heavy atom. The van der Waals surface area contributed by atoms with Crippen molar-refractivity contribution < 1.29 is 19.5 Å². The summed E-state index contributed by atoms with van der Waals surface area (Å²) in [5, 5.41) is 12.0. The maximum atomic E-state index is 12.3. The number of hydrogen-bond acceptors (Lipinski definition) is 3. The Morgan fingerprint density at radius 1 is 1.33 bits per heavy atom. The zero-order chi connectivity index (χ0) is 15.6. The molecule has 7 heteroatoms. The molecular weight excluding hydrogens is 274 g/mol. The minimum atomic E-state index is -0.783. The Kier molecular flexibility index (Phi) is 4.69. The number of amides is 3. The van der Waals surface area contributed by atoms with Crippen molar-refractivity contribution in [3.8, 4) is 0 Å². The number of carbonyl (C=O) groups excluding carboxylic acids is 2. The molecule has 3 atom stereocenters. The highest BCUT2D eigenvalue weighted by molar-refractivity contribution is 5.78. The molecule has 2 heterocycles. The fourth-order valence-corrected chi connectivity index (χ4v) is 3.09. The minimum absolute atomic E-state index is 0.0235. The van der Waals surface area contributed by atoms with E-state index in [1.165, 1.54) is 0 Å². The molecule has 118 valence electrons. The third-order valence-electron chi connectivity index (χ3n) is 4.44. The van der Waals surface area contributed by atoms with Crippen molar-refractivity contribution in [2.45, 2.75) is 44.7 Å². The minimum Gasteiger partial charge on any atom is -0.481 e. The van der Waals surface area contributed by atoms with Crippen molar-refractivity contribution in [3.05, 3.63) is 0 Å². The number of aliphatic carboxylic acids is 1. The number of hydrogen-bond donors (Lipinski definition) is 2. The largest absolute Gasteiger partial charge is 0.481 e. The van der Waals surface area contributed by atoms with E-state index in [1.807, 2.05) is 6.92 Å². The van der Waals surface area contributed by atoms with Crippen molar-refractivity contribution >= 4 is 17.9 Å². The van der Waals surface area contributed by atoms with Crippen molar-refractivity contribution in [3.63, 3.8) is 0 Å². The molecule has 0 radical (unpaired) electrons. The monoisotopic (exact) mass is 297 g/mol. The Balaban J connectivity index is 1.86. The predicted octanol–water partition coefficient (Wildman–Crippen LogP) is 0.502. The molecule has 7 nitrogen and oxygen atoms in total. The van der Waals surface area contributed by atoms with E-state index in [-0.39, 0.29) is 29.9 Å². The van der Waals surface area contributed by atoms with Gasteiger partial charge < -0.3 is 20.2 Å². The molecular formula is C14H23N3O4. The van der Waals surface area contributed by atoms with Crippen LogP contribution in [0.2, 0.25) is 0 Å². The summed E-state index contributed by atoms with van der Waals surface area (Å²) in [6.45, 7) is 2.88. The van der Waals surface area contributed by atoms with Gasteiger partial charge in [0.2, 0.25) is 5.91 Å². The second-order valence-corrected chi connectivity index (χ2v) is 6.06. The van der Waals surface area contributed by atoms with Gasteiger partial charge in [0.25, 0.3) is 0 Å². The summed E-state index contributed by atoms with van der Waals surface area (Å²) >= 11 is 0. The fraction of sp³-hybridized carbons (Fsp3) is 0.786. The van der Waals surface area contributed by atoms with Gasteiger partial charge in [0.15, 0.2) is 0 Å². The highest BCUT2D eigenvalue weighted by atomic mass is 16.4. The summed E-state index contributed by atoms with van der Waals surface area (Å²) in [6.07, 6.45) is 2.11. The lowest BCUT2D eigenvalue weighted by Gasteiger charge is -2.38. The predicted molar refractivity (Wildman–Crippen MR) is 75.7 cm³/mol. The maximum Gasteiger partial charge on any atom is 0.317 e. The second-order valence-electron chi connectivity index (χ2n) is 6.06. The van der Waals surface area contributed by atoms with E-state index < -0.39 is 5.97 Å². The zero-order valence-electron chi connectivity index (χ0n) is 12.5. The SMILES string of the molecule is CC1CC(C(=O)O)CCN1C(=O)NC1CCC(=O)N(C)C1. The van der Waals surface area contributed by atoms with Gasteiger partial charge in [-0.05, 0) is 26.2 Å². The number of carboxylic acids is 1. The van der Waals surface area contributed by atoms with Crippen LogP contribution in [-0.2, 0) is 9.59 Å². The van der Waals surface area contributed by atoms with E-state index in [9.17, 15) is 14.4 Å². The number of urea groups is 1. The second kappa shape index (κ2) is 6.32. The van der Waals surface area contributed by atoms with E-state index in [4.69, 9.17) is 5.11 Å². The van der Waals surface area contributed by atoms with Crippen LogP contribution in [0.15, 0.2) is 0 Å². The Hall–Kier alpha value is -1.79. The number of carboxylic acid groups (broad SMARTS) is 1. The molecule has 2 aliphatic rings. The summed E-state index contributed by atoms with van der Waals surface area (Å²) in [6, 6.07) is -0.258. The topological polar surface area (TPSA) is 90.0 Å². The molecule has 0 bridgehead atoms. The maximum absolute atomic E-state index is 12.3. The lowest BCUT2D eigenvalue weighted by molar-refractivity contribution is -0.143. The lowest BCUT2D eigenvalue weighted by atomic mass is 9.92. The molecule has 3 amide bonds. The summed E-state index contributed by atoms with van der Waals surface area (Å²) < 4.78 is 0. The van der Waals surface area contributed by atoms with Crippen molar-refractivity contribution in [2.75, 3.05) is 20.1 Å². The molecule has 3 unspecified atom stereocenters. The molecule has 0 spiro atoms. The van der Waals surface area contributed by atoms with Gasteiger partial charge in [-0.15, -0.1) is 0 Å². The van der Waals surface area contributed by atoms with Gasteiger partial charge in [0.1, 0.15) is 0 Å². The van der Waals surface area contributed by atoms with Crippen molar-refractivity contribution in [2.24, 2.45) is 5.92 Å². The number of piperidine rings is 2. The highest BCUT2D eigenvalue weighted by Gasteiger charge is 2.33. The molecule has 0 aromatic carbocycles. The Morgan fingerprint density at radius 3 is 2.62 bits per heavy atom. The average molecular weight is 297 g/mol. The number of likely N-dealkylation sites (tertiary alicyclic amines) is 2. The van der Waals surface area contributed by atoms with Crippen LogP contribution >= 0.6 is 0 Å². The first-order valence-electron chi connectivity index (χ1n) is 7.42. The van der Waals surface area contributed by atoms with Gasteiger partial charge in [0.05, 0.1) is 5.92 Å². The average Bonchev–Trinajstić information content (AvgIpc) is 2.42. The third-order valence-corrected chi connectivity index (χ3v) is 4.44. The summed E-state index contributed by atoms with van der Waals surface area (Å²) in [7, 11) is 1.74. The number of likely N-dealkylation sites (N-methyl/N-ethyl adjacent to an activating group) is 1. The molecule has 21 heavy (non-hydrogen) atoms. The number of rotatable bonds is 2. The van der Waals surface area contributed by atoms with E-state index >= 15 is 0 Å². The van der Waals surface area contributed by atoms with E-state index in [0.29, 0.717) is 38.8 Å². The zero-order valence-corrected chi connectivity index (χ0v) is 12.5. The van der Waals surface area contributed by atoms with Crippen LogP contribution in [0.25, 0.3) is 0 Å². The van der Waals surface area contributed by atoms with Crippen LogP contribution in [-0.4, -0.2) is 65.0 Å². The first kappa shape index (κ1) is 15.6. The number of nitrogens with zero attached hydrogens (tertiary/aromatic N) is 2. The van der Waals surface area contributed by atoms with Gasteiger partial charge in [-0.2, -0.15) is 0 Å². The summed E-state index contributed by atoms with van der Waals surface area (Å²) in [5.74, 6) is -1.03. The van der Waals surface area contributed by atoms with Gasteiger partial charge >= 0.3 is 12.0 Å². The molecule has 0 aliphatic carbocycles. The fourth-order valence-electron chi connectivity index (χ4n) is 3.09. The lowest BCUT2D eigenvalue weighted by Crippen LogP contribution is -2.55. The first-order chi connectivity index (χ1) is 9.88. The van der Waals surface area contributed by atoms with Crippen LogP contribution in [0.4, 0.5) is 4.79 Å². The summed E-state index contributed by atoms with van der Waals surface area (Å²) in [4.78, 5) is 38.1. The molecule has 0 aromatic rings. The van der Waals surface area contributed by atoms with Crippen LogP contribution in [0, 0.1) is 5.92 Å². The van der Waals surface area contributed by atoms with E-state index in [0.717, 1.165) is 0 Å². The molecule has 2 N–H and O–H groups in total. The summed E-state index contributed by atoms with van der Waals surface area (Å²) in [5.41, 5.74) is 0. The van der Waals surface area contributed by atoms with Crippen LogP contribution < -0.4 is 5.32 Å². The van der Waals surface area contributed by atoms with Gasteiger partial charge in [0, 0.05) is 38.6 Å². The highest BCUT2D eigenvalue weighted by Crippen LogP contribution is 2.23. The standard InChI is InChI=1S/C14H23N3O4/c1-9-7-10(13(19)20)5-6-17(9)14(21)15-11-3-4-12(18)16(2)8-11/h9-11H,3-8H2,1-2H3,(H,15,21)(H,19,20). The van der Waals surface area contributed by atoms with Crippen LogP contribution in [0.5, 0.6) is 0 Å². The molecule has 2 fully saturated rings. The Labute approximate surface area is 124 Å². The van der Waals surface area contributed by atoms with Gasteiger partial charge in [-0.3, -0.25) is 9.59 Å². The number of nitrogens with one attached hydrogen (secondary N) is 1. The normalized spacial score (nSPS) is 30.2. The molecule has 2 rings (SSSR count). The number of carbonyl (C=O) groups is 3. The Bertz CT molecular complexity index is 440. The quantitative estimate of drug-likeness (QED) is 0.776.